The summed E-state index contributed by atoms with van der Waals surface area (Å²) >= 11 is 0. The van der Waals surface area contributed by atoms with Gasteiger partial charge in [0.25, 0.3) is 0 Å². The largest absolute Gasteiger partial charge is 0.492 e. The number of aromatic hydroxyl groups is 1. The molecule has 0 aromatic carbocycles. The standard InChI is InChI=1S/C10H17N3O2/c1-3-13-4-5-15-8(6-13)10-11-9(14)7-12(10)2/h7-8,14H,3-6H2,1-2H3. The smallest absolute Gasteiger partial charge is 0.229 e. The predicted molar refractivity (Wildman–Crippen MR) is 55.7 cm³/mol. The summed E-state index contributed by atoms with van der Waals surface area (Å²) in [5.41, 5.74) is 0. The quantitative estimate of drug-likeness (QED) is 0.774. The Balaban J connectivity index is 2.13. The predicted octanol–water partition coefficient (Wildman–Crippen LogP) is 0.519. The molecule has 0 spiro atoms. The SMILES string of the molecule is CCN1CCOC(c2nc(O)cn2C)C1. The molecule has 1 fully saturated rings. The number of ether oxygens (including phenoxy) is 1. The lowest BCUT2D eigenvalue weighted by Crippen LogP contribution is -2.38. The highest BCUT2D eigenvalue weighted by molar-refractivity contribution is 5.10. The number of rotatable bonds is 2. The van der Waals surface area contributed by atoms with Crippen LogP contribution in [0.2, 0.25) is 0 Å². The molecule has 1 aliphatic heterocycles. The monoisotopic (exact) mass is 211 g/mol. The van der Waals surface area contributed by atoms with E-state index >= 15 is 0 Å². The van der Waals surface area contributed by atoms with Crippen LogP contribution in [0.15, 0.2) is 6.20 Å². The summed E-state index contributed by atoms with van der Waals surface area (Å²) < 4.78 is 7.47. The van der Waals surface area contributed by atoms with Crippen molar-refractivity contribution < 1.29 is 9.84 Å². The van der Waals surface area contributed by atoms with Crippen molar-refractivity contribution >= 4 is 0 Å². The van der Waals surface area contributed by atoms with Gasteiger partial charge in [-0.15, -0.1) is 0 Å². The Kier molecular flexibility index (Phi) is 2.93. The number of hydrogen-bond acceptors (Lipinski definition) is 4. The number of hydrogen-bond donors (Lipinski definition) is 1. The summed E-state index contributed by atoms with van der Waals surface area (Å²) in [7, 11) is 1.87. The lowest BCUT2D eigenvalue weighted by Gasteiger charge is -2.31. The topological polar surface area (TPSA) is 50.5 Å². The van der Waals surface area contributed by atoms with Crippen molar-refractivity contribution in [2.75, 3.05) is 26.2 Å². The lowest BCUT2D eigenvalue weighted by atomic mass is 10.2. The minimum Gasteiger partial charge on any atom is -0.492 e. The fraction of sp³-hybridized carbons (Fsp3) is 0.700. The molecule has 1 unspecified atom stereocenters. The number of nitrogens with zero attached hydrogens (tertiary/aromatic N) is 3. The Morgan fingerprint density at radius 1 is 1.67 bits per heavy atom. The maximum Gasteiger partial charge on any atom is 0.229 e. The van der Waals surface area contributed by atoms with Crippen LogP contribution in [-0.4, -0.2) is 45.8 Å². The van der Waals surface area contributed by atoms with Crippen molar-refractivity contribution in [2.45, 2.75) is 13.0 Å². The van der Waals surface area contributed by atoms with Crippen LogP contribution in [-0.2, 0) is 11.8 Å². The molecule has 1 aromatic heterocycles. The van der Waals surface area contributed by atoms with Gasteiger partial charge in [0.2, 0.25) is 5.88 Å². The molecule has 2 heterocycles. The number of aromatic nitrogens is 2. The van der Waals surface area contributed by atoms with Gasteiger partial charge in [-0.05, 0) is 6.54 Å². The van der Waals surface area contributed by atoms with Crippen LogP contribution in [0.4, 0.5) is 0 Å². The van der Waals surface area contributed by atoms with Gasteiger partial charge in [-0.1, -0.05) is 6.92 Å². The van der Waals surface area contributed by atoms with E-state index in [9.17, 15) is 5.11 Å². The molecule has 0 amide bonds. The molecule has 5 heteroatoms. The normalized spacial score (nSPS) is 23.2. The highest BCUT2D eigenvalue weighted by atomic mass is 16.5. The highest BCUT2D eigenvalue weighted by Gasteiger charge is 2.24. The average Bonchev–Trinajstić information content (AvgIpc) is 2.58. The van der Waals surface area contributed by atoms with E-state index in [1.807, 2.05) is 11.6 Å². The molecule has 84 valence electrons. The van der Waals surface area contributed by atoms with Gasteiger partial charge in [0.15, 0.2) is 0 Å². The second-order valence-electron chi connectivity index (χ2n) is 3.82. The van der Waals surface area contributed by atoms with E-state index in [1.54, 1.807) is 6.20 Å². The molecule has 0 saturated carbocycles. The summed E-state index contributed by atoms with van der Waals surface area (Å²) in [5.74, 6) is 0.857. The van der Waals surface area contributed by atoms with Crippen molar-refractivity contribution in [3.05, 3.63) is 12.0 Å². The zero-order valence-corrected chi connectivity index (χ0v) is 9.18. The van der Waals surface area contributed by atoms with Crippen LogP contribution in [0.3, 0.4) is 0 Å². The average molecular weight is 211 g/mol. The Bertz CT molecular complexity index is 337. The van der Waals surface area contributed by atoms with Crippen molar-refractivity contribution in [3.8, 4) is 5.88 Å². The summed E-state index contributed by atoms with van der Waals surface area (Å²) in [6.07, 6.45) is 1.58. The first kappa shape index (κ1) is 10.4. The minimum absolute atomic E-state index is 0.0235. The zero-order chi connectivity index (χ0) is 10.8. The first-order valence-electron chi connectivity index (χ1n) is 5.27. The van der Waals surface area contributed by atoms with Crippen LogP contribution in [0.25, 0.3) is 0 Å². The van der Waals surface area contributed by atoms with E-state index in [1.165, 1.54) is 0 Å². The molecule has 1 atom stereocenters. The summed E-state index contributed by atoms with van der Waals surface area (Å²) in [6.45, 7) is 5.71. The molecule has 5 nitrogen and oxygen atoms in total. The summed E-state index contributed by atoms with van der Waals surface area (Å²) in [4.78, 5) is 6.39. The Labute approximate surface area is 89.3 Å². The van der Waals surface area contributed by atoms with E-state index in [4.69, 9.17) is 4.74 Å². The van der Waals surface area contributed by atoms with E-state index in [0.717, 1.165) is 32.1 Å². The molecule has 1 aromatic rings. The van der Waals surface area contributed by atoms with Gasteiger partial charge in [-0.2, -0.15) is 4.98 Å². The minimum atomic E-state index is -0.0235. The fourth-order valence-electron chi connectivity index (χ4n) is 1.91. The molecule has 1 saturated heterocycles. The molecule has 1 N–H and O–H groups in total. The van der Waals surface area contributed by atoms with Gasteiger partial charge >= 0.3 is 0 Å². The van der Waals surface area contributed by atoms with E-state index in [-0.39, 0.29) is 12.0 Å². The second-order valence-corrected chi connectivity index (χ2v) is 3.82. The zero-order valence-electron chi connectivity index (χ0n) is 9.18. The van der Waals surface area contributed by atoms with Gasteiger partial charge < -0.3 is 14.4 Å². The summed E-state index contributed by atoms with van der Waals surface area (Å²) in [5, 5.41) is 9.29. The number of likely N-dealkylation sites (N-methyl/N-ethyl adjacent to an activating group) is 1. The third-order valence-electron chi connectivity index (χ3n) is 2.79. The van der Waals surface area contributed by atoms with Crippen LogP contribution >= 0.6 is 0 Å². The molecule has 0 aliphatic carbocycles. The lowest BCUT2D eigenvalue weighted by molar-refractivity contribution is -0.0338. The number of aryl methyl sites for hydroxylation is 1. The first-order valence-corrected chi connectivity index (χ1v) is 5.27. The third kappa shape index (κ3) is 2.13. The Hall–Kier alpha value is -1.07. The third-order valence-corrected chi connectivity index (χ3v) is 2.79. The molecular formula is C10H17N3O2. The molecule has 0 radical (unpaired) electrons. The van der Waals surface area contributed by atoms with Crippen LogP contribution in [0, 0.1) is 0 Å². The van der Waals surface area contributed by atoms with E-state index in [0.29, 0.717) is 0 Å². The van der Waals surface area contributed by atoms with Crippen LogP contribution < -0.4 is 0 Å². The molecule has 15 heavy (non-hydrogen) atoms. The summed E-state index contributed by atoms with van der Waals surface area (Å²) in [6, 6.07) is 0. The second kappa shape index (κ2) is 4.20. The number of imidazole rings is 1. The molecule has 0 bridgehead atoms. The molecular weight excluding hydrogens is 194 g/mol. The number of morpholine rings is 1. The maximum atomic E-state index is 9.29. The molecule has 2 rings (SSSR count). The van der Waals surface area contributed by atoms with Gasteiger partial charge in [-0.3, -0.25) is 4.90 Å². The van der Waals surface area contributed by atoms with E-state index in [2.05, 4.69) is 16.8 Å². The Morgan fingerprint density at radius 3 is 3.07 bits per heavy atom. The van der Waals surface area contributed by atoms with Crippen molar-refractivity contribution in [3.63, 3.8) is 0 Å². The first-order chi connectivity index (χ1) is 7.20. The van der Waals surface area contributed by atoms with E-state index < -0.39 is 0 Å². The van der Waals surface area contributed by atoms with Crippen LogP contribution in [0.1, 0.15) is 18.9 Å². The van der Waals surface area contributed by atoms with Gasteiger partial charge in [-0.25, -0.2) is 0 Å². The fourth-order valence-corrected chi connectivity index (χ4v) is 1.91. The van der Waals surface area contributed by atoms with Crippen molar-refractivity contribution in [2.24, 2.45) is 7.05 Å². The maximum absolute atomic E-state index is 9.29. The van der Waals surface area contributed by atoms with Crippen molar-refractivity contribution in [1.82, 2.24) is 14.5 Å². The Morgan fingerprint density at radius 2 is 2.47 bits per heavy atom. The van der Waals surface area contributed by atoms with Crippen LogP contribution in [0.5, 0.6) is 5.88 Å². The molecule has 1 aliphatic rings. The van der Waals surface area contributed by atoms with Gasteiger partial charge in [0, 0.05) is 20.1 Å². The highest BCUT2D eigenvalue weighted by Crippen LogP contribution is 2.22. The van der Waals surface area contributed by atoms with Gasteiger partial charge in [0.1, 0.15) is 11.9 Å². The van der Waals surface area contributed by atoms with Gasteiger partial charge in [0.05, 0.1) is 12.8 Å². The van der Waals surface area contributed by atoms with Crippen molar-refractivity contribution in [1.29, 1.82) is 0 Å².